The van der Waals surface area contributed by atoms with E-state index in [1.807, 2.05) is 0 Å². The highest BCUT2D eigenvalue weighted by Crippen LogP contribution is 2.32. The van der Waals surface area contributed by atoms with E-state index < -0.39 is 6.04 Å². The van der Waals surface area contributed by atoms with E-state index in [4.69, 9.17) is 16.3 Å². The van der Waals surface area contributed by atoms with Crippen molar-refractivity contribution in [2.45, 2.75) is 19.0 Å². The van der Waals surface area contributed by atoms with Crippen LogP contribution in [0.2, 0.25) is 5.15 Å². The third-order valence-corrected chi connectivity index (χ3v) is 5.50. The minimum absolute atomic E-state index is 0.162. The van der Waals surface area contributed by atoms with Crippen molar-refractivity contribution in [3.8, 4) is 11.5 Å². The minimum atomic E-state index is -0.512. The zero-order valence-electron chi connectivity index (χ0n) is 18.6. The van der Waals surface area contributed by atoms with Crippen molar-refractivity contribution >= 4 is 29.3 Å². The highest BCUT2D eigenvalue weighted by Gasteiger charge is 2.38. The highest BCUT2D eigenvalue weighted by atomic mass is 35.5. The zero-order chi connectivity index (χ0) is 24.1. The number of carbonyl (C=O) groups is 3. The summed E-state index contributed by atoms with van der Waals surface area (Å²) in [6.45, 7) is 5.85. The molecule has 0 aliphatic carbocycles. The Bertz CT molecular complexity index is 1080. The maximum atomic E-state index is 12.6. The van der Waals surface area contributed by atoms with E-state index >= 15 is 0 Å². The molecule has 0 radical (unpaired) electrons. The van der Waals surface area contributed by atoms with Crippen molar-refractivity contribution in [3.63, 3.8) is 0 Å². The number of hydrogen-bond donors (Lipinski definition) is 1. The summed E-state index contributed by atoms with van der Waals surface area (Å²) >= 11 is 6.33. The Morgan fingerprint density at radius 1 is 1.30 bits per heavy atom. The van der Waals surface area contributed by atoms with Gasteiger partial charge in [-0.15, -0.1) is 0 Å². The molecule has 1 aliphatic rings. The Morgan fingerprint density at radius 2 is 2.06 bits per heavy atom. The number of halogens is 1. The number of hydrogen-bond acceptors (Lipinski definition) is 7. The van der Waals surface area contributed by atoms with E-state index in [1.165, 1.54) is 32.3 Å². The van der Waals surface area contributed by atoms with Crippen LogP contribution < -0.4 is 5.32 Å². The predicted octanol–water partition coefficient (Wildman–Crippen LogP) is 1.48. The monoisotopic (exact) mass is 472 g/mol. The second kappa shape index (κ2) is 10.5. The van der Waals surface area contributed by atoms with Crippen LogP contribution in [0.4, 0.5) is 0 Å². The molecule has 0 aromatic carbocycles. The van der Waals surface area contributed by atoms with Crippen molar-refractivity contribution in [1.82, 2.24) is 30.1 Å². The molecule has 2 aromatic rings. The number of aromatic nitrogens is 3. The number of rotatable bonds is 6. The van der Waals surface area contributed by atoms with E-state index in [0.29, 0.717) is 17.8 Å². The molecule has 0 saturated carbocycles. The third-order valence-electron chi connectivity index (χ3n) is 5.31. The standard InChI is InChI=1S/C22H25ClN6O4/c1-5-20(31)28-10-15(12-33-4)29(13(2)30)18(11-28)14-8-17(26-19(23)9-14)21-25-7-6-16(27-21)22(32)24-3/h5-9,15,18H,1,10-12H2,2-4H3,(H,24,32)/t15-,18-/m0/s1. The molecule has 2 atom stereocenters. The van der Waals surface area contributed by atoms with Gasteiger partial charge < -0.3 is 19.9 Å². The van der Waals surface area contributed by atoms with Gasteiger partial charge in [0.15, 0.2) is 5.82 Å². The van der Waals surface area contributed by atoms with E-state index in [0.717, 1.165) is 0 Å². The number of methoxy groups -OCH3 is 1. The smallest absolute Gasteiger partial charge is 0.269 e. The largest absolute Gasteiger partial charge is 0.382 e. The van der Waals surface area contributed by atoms with Crippen LogP contribution >= 0.6 is 11.6 Å². The molecule has 1 N–H and O–H groups in total. The van der Waals surface area contributed by atoms with Gasteiger partial charge in [-0.2, -0.15) is 0 Å². The van der Waals surface area contributed by atoms with E-state index in [1.54, 1.807) is 29.0 Å². The topological polar surface area (TPSA) is 118 Å². The van der Waals surface area contributed by atoms with E-state index in [9.17, 15) is 14.4 Å². The van der Waals surface area contributed by atoms with Gasteiger partial charge in [-0.05, 0) is 29.8 Å². The Kier molecular flexibility index (Phi) is 7.72. The van der Waals surface area contributed by atoms with Crippen molar-refractivity contribution in [3.05, 3.63) is 53.5 Å². The van der Waals surface area contributed by atoms with Gasteiger partial charge in [-0.3, -0.25) is 14.4 Å². The zero-order valence-corrected chi connectivity index (χ0v) is 19.4. The van der Waals surface area contributed by atoms with Crippen molar-refractivity contribution in [2.75, 3.05) is 33.9 Å². The number of piperazine rings is 1. The first-order valence-corrected chi connectivity index (χ1v) is 10.6. The maximum absolute atomic E-state index is 12.6. The molecule has 0 unspecified atom stereocenters. The fourth-order valence-corrected chi connectivity index (χ4v) is 4.12. The van der Waals surface area contributed by atoms with Gasteiger partial charge in [0.2, 0.25) is 11.8 Å². The van der Waals surface area contributed by atoms with Gasteiger partial charge in [0.1, 0.15) is 16.5 Å². The lowest BCUT2D eigenvalue weighted by molar-refractivity contribution is -0.146. The fourth-order valence-electron chi connectivity index (χ4n) is 3.91. The molecule has 0 bridgehead atoms. The summed E-state index contributed by atoms with van der Waals surface area (Å²) in [5.74, 6) is -0.569. The normalized spacial score (nSPS) is 18.1. The number of carbonyl (C=O) groups excluding carboxylic acids is 3. The second-order valence-corrected chi connectivity index (χ2v) is 7.84. The Morgan fingerprint density at radius 3 is 2.70 bits per heavy atom. The van der Waals surface area contributed by atoms with Crippen LogP contribution in [-0.4, -0.2) is 82.4 Å². The van der Waals surface area contributed by atoms with Crippen LogP contribution in [0.25, 0.3) is 11.5 Å². The first-order chi connectivity index (χ1) is 15.8. The molecular formula is C22H25ClN6O4. The van der Waals surface area contributed by atoms with Crippen LogP contribution in [0.1, 0.15) is 29.0 Å². The molecular weight excluding hydrogens is 448 g/mol. The SMILES string of the molecule is C=CC(=O)N1C[C@@H](COC)N(C(C)=O)[C@H](c2cc(Cl)nc(-c3nccc(C(=O)NC)n3)c2)C1. The highest BCUT2D eigenvalue weighted by molar-refractivity contribution is 6.29. The summed E-state index contributed by atoms with van der Waals surface area (Å²) in [5, 5.41) is 2.68. The number of amides is 3. The fraction of sp³-hybridized carbons (Fsp3) is 0.364. The van der Waals surface area contributed by atoms with Crippen molar-refractivity contribution in [1.29, 1.82) is 0 Å². The third kappa shape index (κ3) is 5.35. The van der Waals surface area contributed by atoms with Gasteiger partial charge in [-0.1, -0.05) is 18.2 Å². The number of nitrogens with zero attached hydrogens (tertiary/aromatic N) is 5. The van der Waals surface area contributed by atoms with Crippen LogP contribution in [0, 0.1) is 0 Å². The van der Waals surface area contributed by atoms with Crippen LogP contribution in [0.15, 0.2) is 37.1 Å². The van der Waals surface area contributed by atoms with Gasteiger partial charge in [0.25, 0.3) is 5.91 Å². The van der Waals surface area contributed by atoms with Crippen molar-refractivity contribution in [2.24, 2.45) is 0 Å². The molecule has 174 valence electrons. The average Bonchev–Trinajstić information content (AvgIpc) is 2.82. The van der Waals surface area contributed by atoms with Gasteiger partial charge in [-0.25, -0.2) is 15.0 Å². The molecule has 33 heavy (non-hydrogen) atoms. The molecule has 3 heterocycles. The Labute approximate surface area is 196 Å². The Balaban J connectivity index is 2.08. The van der Waals surface area contributed by atoms with Gasteiger partial charge >= 0.3 is 0 Å². The predicted molar refractivity (Wildman–Crippen MR) is 121 cm³/mol. The summed E-state index contributed by atoms with van der Waals surface area (Å²) in [7, 11) is 3.05. The quantitative estimate of drug-likeness (QED) is 0.499. The lowest BCUT2D eigenvalue weighted by Gasteiger charge is -2.46. The summed E-state index contributed by atoms with van der Waals surface area (Å²) in [5.41, 5.74) is 1.16. The first kappa shape index (κ1) is 24.3. The lowest BCUT2D eigenvalue weighted by Crippen LogP contribution is -2.58. The van der Waals surface area contributed by atoms with Gasteiger partial charge in [0, 0.05) is 40.4 Å². The molecule has 2 aromatic heterocycles. The molecule has 1 aliphatic heterocycles. The van der Waals surface area contributed by atoms with Crippen LogP contribution in [0.5, 0.6) is 0 Å². The van der Waals surface area contributed by atoms with E-state index in [2.05, 4.69) is 26.8 Å². The summed E-state index contributed by atoms with van der Waals surface area (Å²) in [6.07, 6.45) is 2.70. The minimum Gasteiger partial charge on any atom is -0.382 e. The number of nitrogens with one attached hydrogen (secondary N) is 1. The molecule has 1 fully saturated rings. The molecule has 3 rings (SSSR count). The van der Waals surface area contributed by atoms with Gasteiger partial charge in [0.05, 0.1) is 18.7 Å². The first-order valence-electron chi connectivity index (χ1n) is 10.2. The summed E-state index contributed by atoms with van der Waals surface area (Å²) in [6, 6.07) is 3.96. The maximum Gasteiger partial charge on any atom is 0.269 e. The molecule has 1 saturated heterocycles. The molecule has 10 nitrogen and oxygen atoms in total. The molecule has 0 spiro atoms. The second-order valence-electron chi connectivity index (χ2n) is 7.45. The van der Waals surface area contributed by atoms with Crippen LogP contribution in [0.3, 0.4) is 0 Å². The summed E-state index contributed by atoms with van der Waals surface area (Å²) in [4.78, 5) is 53.1. The molecule has 3 amide bonds. The average molecular weight is 473 g/mol. The Hall–Kier alpha value is -3.37. The number of pyridine rings is 1. The lowest BCUT2D eigenvalue weighted by atomic mass is 9.98. The number of ether oxygens (including phenoxy) is 1. The van der Waals surface area contributed by atoms with Crippen LogP contribution in [-0.2, 0) is 14.3 Å². The molecule has 11 heteroatoms. The van der Waals surface area contributed by atoms with E-state index in [-0.39, 0.29) is 53.6 Å². The summed E-state index contributed by atoms with van der Waals surface area (Å²) < 4.78 is 5.32. The van der Waals surface area contributed by atoms with Crippen molar-refractivity contribution < 1.29 is 19.1 Å².